The van der Waals surface area contributed by atoms with Gasteiger partial charge < -0.3 is 5.11 Å². The Kier molecular flexibility index (Phi) is 4.55. The summed E-state index contributed by atoms with van der Waals surface area (Å²) in [7, 11) is 0. The molecule has 0 fully saturated rings. The molecule has 0 atom stereocenters. The summed E-state index contributed by atoms with van der Waals surface area (Å²) in [6.07, 6.45) is 3.32. The van der Waals surface area contributed by atoms with Crippen LogP contribution in [0.5, 0.6) is 0 Å². The summed E-state index contributed by atoms with van der Waals surface area (Å²) in [5.74, 6) is 0.277. The monoisotopic (exact) mass is 338 g/mol. The number of fused-ring (bicyclic) bond motifs is 1. The molecule has 0 radical (unpaired) electrons. The van der Waals surface area contributed by atoms with Gasteiger partial charge in [0.1, 0.15) is 0 Å². The minimum atomic E-state index is -0.892. The van der Waals surface area contributed by atoms with Crippen LogP contribution >= 0.6 is 11.8 Å². The zero-order valence-corrected chi connectivity index (χ0v) is 15.1. The molecule has 1 N–H and O–H groups in total. The molecule has 0 unspecified atom stereocenters. The molecule has 2 nitrogen and oxygen atoms in total. The molecule has 0 spiro atoms. The van der Waals surface area contributed by atoms with Gasteiger partial charge in [0.2, 0.25) is 0 Å². The van der Waals surface area contributed by atoms with Gasteiger partial charge in [-0.3, -0.25) is 0 Å². The van der Waals surface area contributed by atoms with Gasteiger partial charge >= 0.3 is 5.97 Å². The molecule has 0 saturated heterocycles. The molecule has 0 aliphatic carbocycles. The van der Waals surface area contributed by atoms with Crippen molar-refractivity contribution in [3.8, 4) is 0 Å². The molecule has 0 saturated carbocycles. The van der Waals surface area contributed by atoms with E-state index in [9.17, 15) is 4.79 Å². The van der Waals surface area contributed by atoms with Gasteiger partial charge in [-0.25, -0.2) is 4.79 Å². The van der Waals surface area contributed by atoms with Crippen molar-refractivity contribution in [2.24, 2.45) is 0 Å². The third kappa shape index (κ3) is 3.41. The highest BCUT2D eigenvalue weighted by Gasteiger charge is 2.27. The summed E-state index contributed by atoms with van der Waals surface area (Å²) in [5.41, 5.74) is 5.44. The molecule has 3 rings (SSSR count). The van der Waals surface area contributed by atoms with Crippen molar-refractivity contribution in [1.82, 2.24) is 0 Å². The van der Waals surface area contributed by atoms with Crippen molar-refractivity contribution in [2.75, 3.05) is 5.75 Å². The zero-order chi connectivity index (χ0) is 17.3. The quantitative estimate of drug-likeness (QED) is 0.727. The summed E-state index contributed by atoms with van der Waals surface area (Å²) in [4.78, 5) is 12.3. The molecule has 24 heavy (non-hydrogen) atoms. The summed E-state index contributed by atoms with van der Waals surface area (Å²) < 4.78 is 0. The number of carboxylic acids is 1. The summed E-state index contributed by atoms with van der Waals surface area (Å²) in [6, 6.07) is 13.7. The van der Waals surface area contributed by atoms with Crippen molar-refractivity contribution in [2.45, 2.75) is 37.5 Å². The number of hydrogen-bond acceptors (Lipinski definition) is 2. The summed E-state index contributed by atoms with van der Waals surface area (Å²) in [6.45, 7) is 6.74. The third-order valence-electron chi connectivity index (χ3n) is 4.69. The molecule has 1 heterocycles. The average molecular weight is 338 g/mol. The van der Waals surface area contributed by atoms with Crippen molar-refractivity contribution in [3.05, 3.63) is 64.7 Å². The molecule has 0 aromatic heterocycles. The number of aromatic carboxylic acids is 1. The largest absolute Gasteiger partial charge is 0.478 e. The number of carbonyl (C=O) groups is 1. The molecule has 2 aromatic carbocycles. The molecular weight excluding hydrogens is 316 g/mol. The number of hydrogen-bond donors (Lipinski definition) is 1. The lowest BCUT2D eigenvalue weighted by Gasteiger charge is -2.32. The maximum Gasteiger partial charge on any atom is 0.335 e. The maximum atomic E-state index is 10.9. The Labute approximate surface area is 147 Å². The van der Waals surface area contributed by atoms with Gasteiger partial charge in [-0.05, 0) is 65.0 Å². The lowest BCUT2D eigenvalue weighted by atomic mass is 9.81. The number of thioether (sulfide) groups is 1. The number of carboxylic acid groups (broad SMARTS) is 1. The first kappa shape index (κ1) is 16.8. The number of rotatable bonds is 3. The Morgan fingerprint density at radius 1 is 1.12 bits per heavy atom. The normalized spacial score (nSPS) is 16.5. The Morgan fingerprint density at radius 2 is 1.79 bits per heavy atom. The standard InChI is InChI=1S/C21H22O2S/c1-14(12-15-4-6-16(7-5-15)20(22)23)17-8-9-18-19(13-17)24-11-10-21(18,2)3/h4-9,12-13H,10-11H2,1-3H3,(H,22,23). The van der Waals surface area contributed by atoms with E-state index in [1.54, 1.807) is 12.1 Å². The lowest BCUT2D eigenvalue weighted by Crippen LogP contribution is -2.22. The van der Waals surface area contributed by atoms with Crippen LogP contribution in [0.2, 0.25) is 0 Å². The van der Waals surface area contributed by atoms with Gasteiger partial charge in [0.15, 0.2) is 0 Å². The second kappa shape index (κ2) is 6.48. The van der Waals surface area contributed by atoms with Crippen molar-refractivity contribution < 1.29 is 9.90 Å². The van der Waals surface area contributed by atoms with Gasteiger partial charge in [-0.2, -0.15) is 0 Å². The van der Waals surface area contributed by atoms with E-state index < -0.39 is 5.97 Å². The second-order valence-corrected chi connectivity index (χ2v) is 8.08. The predicted octanol–water partition coefficient (Wildman–Crippen LogP) is 5.72. The zero-order valence-electron chi connectivity index (χ0n) is 14.3. The van der Waals surface area contributed by atoms with Crippen LogP contribution in [0.4, 0.5) is 0 Å². The van der Waals surface area contributed by atoms with Crippen LogP contribution in [0.3, 0.4) is 0 Å². The van der Waals surface area contributed by atoms with Crippen LogP contribution in [0.15, 0.2) is 47.4 Å². The molecule has 124 valence electrons. The van der Waals surface area contributed by atoms with E-state index >= 15 is 0 Å². The van der Waals surface area contributed by atoms with Crippen LogP contribution in [-0.4, -0.2) is 16.8 Å². The van der Waals surface area contributed by atoms with Crippen molar-refractivity contribution in [1.29, 1.82) is 0 Å². The Hall–Kier alpha value is -2.00. The van der Waals surface area contributed by atoms with E-state index in [2.05, 4.69) is 45.0 Å². The summed E-state index contributed by atoms with van der Waals surface area (Å²) in [5, 5.41) is 8.97. The topological polar surface area (TPSA) is 37.3 Å². The van der Waals surface area contributed by atoms with Crippen LogP contribution in [-0.2, 0) is 5.41 Å². The summed E-state index contributed by atoms with van der Waals surface area (Å²) >= 11 is 1.94. The van der Waals surface area contributed by atoms with E-state index in [0.29, 0.717) is 5.56 Å². The predicted molar refractivity (Wildman–Crippen MR) is 102 cm³/mol. The fourth-order valence-electron chi connectivity index (χ4n) is 3.05. The Morgan fingerprint density at radius 3 is 2.46 bits per heavy atom. The first-order valence-electron chi connectivity index (χ1n) is 8.16. The van der Waals surface area contributed by atoms with Crippen LogP contribution < -0.4 is 0 Å². The molecule has 0 bridgehead atoms. The fourth-order valence-corrected chi connectivity index (χ4v) is 4.59. The molecular formula is C21H22O2S. The molecule has 1 aliphatic heterocycles. The SMILES string of the molecule is CC(=Cc1ccc(C(=O)O)cc1)c1ccc2c(c1)SCCC2(C)C. The number of allylic oxidation sites excluding steroid dienone is 1. The first-order chi connectivity index (χ1) is 11.4. The van der Waals surface area contributed by atoms with Crippen LogP contribution in [0.1, 0.15) is 54.2 Å². The van der Waals surface area contributed by atoms with E-state index in [-0.39, 0.29) is 5.41 Å². The van der Waals surface area contributed by atoms with Gasteiger partial charge in [-0.15, -0.1) is 11.8 Å². The Bertz CT molecular complexity index is 801. The number of benzene rings is 2. The minimum absolute atomic E-state index is 0.253. The molecule has 3 heteroatoms. The Balaban J connectivity index is 1.90. The van der Waals surface area contributed by atoms with E-state index in [4.69, 9.17) is 5.11 Å². The van der Waals surface area contributed by atoms with Gasteiger partial charge in [-0.1, -0.05) is 44.2 Å². The second-order valence-electron chi connectivity index (χ2n) is 6.95. The van der Waals surface area contributed by atoms with Crippen LogP contribution in [0, 0.1) is 0 Å². The lowest BCUT2D eigenvalue weighted by molar-refractivity contribution is 0.0697. The van der Waals surface area contributed by atoms with Crippen molar-refractivity contribution >= 4 is 29.4 Å². The average Bonchev–Trinajstić information content (AvgIpc) is 2.54. The third-order valence-corrected chi connectivity index (χ3v) is 5.75. The smallest absolute Gasteiger partial charge is 0.335 e. The van der Waals surface area contributed by atoms with Gasteiger partial charge in [0.25, 0.3) is 0 Å². The molecule has 0 amide bonds. The van der Waals surface area contributed by atoms with Gasteiger partial charge in [0.05, 0.1) is 5.56 Å². The first-order valence-corrected chi connectivity index (χ1v) is 9.15. The highest BCUT2D eigenvalue weighted by molar-refractivity contribution is 7.99. The molecule has 2 aromatic rings. The highest BCUT2D eigenvalue weighted by Crippen LogP contribution is 2.42. The maximum absolute atomic E-state index is 10.9. The van der Waals surface area contributed by atoms with E-state index in [0.717, 1.165) is 5.56 Å². The van der Waals surface area contributed by atoms with Crippen molar-refractivity contribution in [3.63, 3.8) is 0 Å². The fraction of sp³-hybridized carbons (Fsp3) is 0.286. The molecule has 1 aliphatic rings. The van der Waals surface area contributed by atoms with Crippen LogP contribution in [0.25, 0.3) is 11.6 Å². The highest BCUT2D eigenvalue weighted by atomic mass is 32.2. The van der Waals surface area contributed by atoms with Gasteiger partial charge in [0, 0.05) is 4.90 Å². The van der Waals surface area contributed by atoms with E-state index in [1.165, 1.54) is 33.8 Å². The van der Waals surface area contributed by atoms with E-state index in [1.807, 2.05) is 23.9 Å². The minimum Gasteiger partial charge on any atom is -0.478 e.